The molecule has 0 amide bonds. The Morgan fingerprint density at radius 2 is 2.10 bits per heavy atom. The highest BCUT2D eigenvalue weighted by molar-refractivity contribution is 14.0. The van der Waals surface area contributed by atoms with Crippen LogP contribution >= 0.6 is 24.0 Å². The van der Waals surface area contributed by atoms with E-state index in [9.17, 15) is 13.2 Å². The molecule has 0 bridgehead atoms. The Kier molecular flexibility index (Phi) is 13.1. The number of aliphatic imine (C=N–C) groups is 1. The minimum absolute atomic E-state index is 0. The van der Waals surface area contributed by atoms with Gasteiger partial charge in [-0.25, -0.2) is 0 Å². The van der Waals surface area contributed by atoms with Gasteiger partial charge in [-0.2, -0.15) is 13.2 Å². The van der Waals surface area contributed by atoms with E-state index in [1.807, 2.05) is 6.92 Å². The summed E-state index contributed by atoms with van der Waals surface area (Å²) in [6.07, 6.45) is -2.50. The standard InChI is InChI=1S/C20H30F3N3O3.HI/c1-2-24-19(25-8-4-10-27-14-16-7-11-28-15-16)26-9-12-29-18-6-3-5-17(13-18)20(21,22)23;/h3,5-6,13,16H,2,4,7-12,14-15H2,1H3,(H2,24,25,26);1H. The molecule has 1 fully saturated rings. The summed E-state index contributed by atoms with van der Waals surface area (Å²) in [6.45, 7) is 6.92. The van der Waals surface area contributed by atoms with Gasteiger partial charge in [0.2, 0.25) is 0 Å². The van der Waals surface area contributed by atoms with Gasteiger partial charge in [0.05, 0.1) is 25.3 Å². The van der Waals surface area contributed by atoms with Crippen molar-refractivity contribution in [2.24, 2.45) is 10.9 Å². The van der Waals surface area contributed by atoms with Gasteiger partial charge < -0.3 is 24.8 Å². The normalized spacial score (nSPS) is 16.8. The largest absolute Gasteiger partial charge is 0.492 e. The molecule has 1 aromatic rings. The number of nitrogens with one attached hydrogen (secondary N) is 2. The van der Waals surface area contributed by atoms with Crippen LogP contribution in [0.25, 0.3) is 0 Å². The first kappa shape index (κ1) is 26.8. The Morgan fingerprint density at radius 3 is 2.80 bits per heavy atom. The van der Waals surface area contributed by atoms with Crippen LogP contribution < -0.4 is 15.4 Å². The van der Waals surface area contributed by atoms with Crippen LogP contribution in [0.4, 0.5) is 13.2 Å². The molecule has 1 unspecified atom stereocenters. The number of hydrogen-bond acceptors (Lipinski definition) is 4. The predicted octanol–water partition coefficient (Wildman–Crippen LogP) is 3.70. The maximum Gasteiger partial charge on any atom is 0.416 e. The first-order chi connectivity index (χ1) is 14.0. The van der Waals surface area contributed by atoms with Crippen LogP contribution in [0.5, 0.6) is 5.75 Å². The van der Waals surface area contributed by atoms with E-state index in [4.69, 9.17) is 14.2 Å². The van der Waals surface area contributed by atoms with E-state index in [0.29, 0.717) is 38.1 Å². The highest BCUT2D eigenvalue weighted by Crippen LogP contribution is 2.31. The predicted molar refractivity (Wildman–Crippen MR) is 121 cm³/mol. The van der Waals surface area contributed by atoms with Crippen LogP contribution in [0.1, 0.15) is 25.3 Å². The SMILES string of the molecule is CCNC(=NCCCOCC1CCOC1)NCCOc1cccc(C(F)(F)F)c1.I. The van der Waals surface area contributed by atoms with Crippen molar-refractivity contribution >= 4 is 29.9 Å². The number of rotatable bonds is 11. The van der Waals surface area contributed by atoms with E-state index in [1.54, 1.807) is 0 Å². The molecule has 0 spiro atoms. The van der Waals surface area contributed by atoms with Crippen molar-refractivity contribution in [1.82, 2.24) is 10.6 Å². The number of halogens is 4. The lowest BCUT2D eigenvalue weighted by molar-refractivity contribution is -0.137. The van der Waals surface area contributed by atoms with Crippen LogP contribution in [-0.4, -0.2) is 58.6 Å². The Labute approximate surface area is 193 Å². The van der Waals surface area contributed by atoms with Crippen molar-refractivity contribution in [2.75, 3.05) is 52.7 Å². The highest BCUT2D eigenvalue weighted by atomic mass is 127. The lowest BCUT2D eigenvalue weighted by Crippen LogP contribution is -2.39. The molecule has 1 aliphatic heterocycles. The number of nitrogens with zero attached hydrogens (tertiary/aromatic N) is 1. The van der Waals surface area contributed by atoms with Crippen LogP contribution in [0.3, 0.4) is 0 Å². The van der Waals surface area contributed by atoms with Gasteiger partial charge in [-0.05, 0) is 38.0 Å². The number of guanidine groups is 1. The Bertz CT molecular complexity index is 627. The second-order valence-electron chi connectivity index (χ2n) is 6.72. The molecule has 0 aromatic heterocycles. The van der Waals surface area contributed by atoms with Gasteiger partial charge >= 0.3 is 6.18 Å². The van der Waals surface area contributed by atoms with Crippen LogP contribution in [-0.2, 0) is 15.7 Å². The number of ether oxygens (including phenoxy) is 3. The number of alkyl halides is 3. The summed E-state index contributed by atoms with van der Waals surface area (Å²) in [5.41, 5.74) is -0.722. The van der Waals surface area contributed by atoms with Crippen LogP contribution in [0, 0.1) is 5.92 Å². The Morgan fingerprint density at radius 1 is 1.27 bits per heavy atom. The molecule has 30 heavy (non-hydrogen) atoms. The van der Waals surface area contributed by atoms with Crippen molar-refractivity contribution in [3.05, 3.63) is 29.8 Å². The first-order valence-electron chi connectivity index (χ1n) is 9.96. The first-order valence-corrected chi connectivity index (χ1v) is 9.96. The lowest BCUT2D eigenvalue weighted by Gasteiger charge is -2.13. The average molecular weight is 545 g/mol. The molecule has 0 radical (unpaired) electrons. The van der Waals surface area contributed by atoms with Gasteiger partial charge in [0.25, 0.3) is 0 Å². The minimum Gasteiger partial charge on any atom is -0.492 e. The number of benzene rings is 1. The average Bonchev–Trinajstić information content (AvgIpc) is 3.21. The number of hydrogen-bond donors (Lipinski definition) is 2. The van der Waals surface area contributed by atoms with Gasteiger partial charge in [-0.3, -0.25) is 4.99 Å². The van der Waals surface area contributed by atoms with Gasteiger partial charge in [0, 0.05) is 32.2 Å². The second-order valence-corrected chi connectivity index (χ2v) is 6.72. The summed E-state index contributed by atoms with van der Waals surface area (Å²) in [7, 11) is 0. The van der Waals surface area contributed by atoms with Crippen molar-refractivity contribution in [2.45, 2.75) is 25.9 Å². The fraction of sp³-hybridized carbons (Fsp3) is 0.650. The molecule has 2 N–H and O–H groups in total. The summed E-state index contributed by atoms with van der Waals surface area (Å²) >= 11 is 0. The minimum atomic E-state index is -4.38. The maximum atomic E-state index is 12.7. The zero-order valence-electron chi connectivity index (χ0n) is 17.2. The smallest absolute Gasteiger partial charge is 0.416 e. The van der Waals surface area contributed by atoms with Gasteiger partial charge in [0.15, 0.2) is 5.96 Å². The van der Waals surface area contributed by atoms with Crippen molar-refractivity contribution in [1.29, 1.82) is 0 Å². The third kappa shape index (κ3) is 10.7. The molecule has 172 valence electrons. The van der Waals surface area contributed by atoms with Crippen molar-refractivity contribution < 1.29 is 27.4 Å². The van der Waals surface area contributed by atoms with Gasteiger partial charge in [0.1, 0.15) is 12.4 Å². The van der Waals surface area contributed by atoms with Crippen LogP contribution in [0.15, 0.2) is 29.3 Å². The van der Waals surface area contributed by atoms with Gasteiger partial charge in [-0.15, -0.1) is 24.0 Å². The molecule has 1 heterocycles. The third-order valence-corrected chi connectivity index (χ3v) is 4.26. The fourth-order valence-electron chi connectivity index (χ4n) is 2.76. The zero-order valence-corrected chi connectivity index (χ0v) is 19.5. The summed E-state index contributed by atoms with van der Waals surface area (Å²) in [5.74, 6) is 1.34. The molecule has 10 heteroatoms. The second kappa shape index (κ2) is 14.7. The lowest BCUT2D eigenvalue weighted by atomic mass is 10.1. The molecule has 6 nitrogen and oxygen atoms in total. The Hall–Kier alpha value is -1.27. The summed E-state index contributed by atoms with van der Waals surface area (Å²) in [5, 5.41) is 6.23. The summed E-state index contributed by atoms with van der Waals surface area (Å²) < 4.78 is 54.5. The monoisotopic (exact) mass is 545 g/mol. The summed E-state index contributed by atoms with van der Waals surface area (Å²) in [4.78, 5) is 4.46. The van der Waals surface area contributed by atoms with E-state index in [1.165, 1.54) is 12.1 Å². The third-order valence-electron chi connectivity index (χ3n) is 4.26. The summed E-state index contributed by atoms with van der Waals surface area (Å²) in [6, 6.07) is 4.86. The van der Waals surface area contributed by atoms with Crippen molar-refractivity contribution in [3.63, 3.8) is 0 Å². The molecule has 0 aliphatic carbocycles. The molecule has 1 atom stereocenters. The molecule has 0 saturated carbocycles. The van der Waals surface area contributed by atoms with E-state index in [2.05, 4.69) is 15.6 Å². The van der Waals surface area contributed by atoms with Crippen molar-refractivity contribution in [3.8, 4) is 5.75 Å². The zero-order chi connectivity index (χ0) is 21.0. The van der Waals surface area contributed by atoms with E-state index < -0.39 is 11.7 Å². The van der Waals surface area contributed by atoms with E-state index in [0.717, 1.165) is 44.8 Å². The highest BCUT2D eigenvalue weighted by Gasteiger charge is 2.30. The molecule has 1 aromatic carbocycles. The molecule has 1 saturated heterocycles. The van der Waals surface area contributed by atoms with E-state index in [-0.39, 0.29) is 36.3 Å². The Balaban J connectivity index is 0.00000450. The fourth-order valence-corrected chi connectivity index (χ4v) is 2.76. The topological polar surface area (TPSA) is 64.1 Å². The molecule has 1 aliphatic rings. The quantitative estimate of drug-likeness (QED) is 0.192. The van der Waals surface area contributed by atoms with Crippen LogP contribution in [0.2, 0.25) is 0 Å². The molecular formula is C20H31F3IN3O3. The molecular weight excluding hydrogens is 514 g/mol. The molecule has 2 rings (SSSR count). The van der Waals surface area contributed by atoms with E-state index >= 15 is 0 Å². The maximum absolute atomic E-state index is 12.7. The van der Waals surface area contributed by atoms with Gasteiger partial charge in [-0.1, -0.05) is 6.07 Å².